The average Bonchev–Trinajstić information content (AvgIpc) is 2.08. The first kappa shape index (κ1) is 10.1. The fraction of sp³-hybridized carbons (Fsp3) is 0.286. The topological polar surface area (TPSA) is 89.1 Å². The predicted octanol–water partition coefficient (Wildman–Crippen LogP) is 0.193. The van der Waals surface area contributed by atoms with Crippen molar-refractivity contribution in [2.75, 3.05) is 0 Å². The number of carboxylic acid groups (broad SMARTS) is 1. The number of aromatic nitrogens is 2. The molecule has 1 heterocycles. The molecule has 0 aliphatic rings. The van der Waals surface area contributed by atoms with Crippen LogP contribution >= 0.6 is 15.9 Å². The SMILES string of the molecule is NC(Cc1ncc(Br)cn1)C(=O)O. The van der Waals surface area contributed by atoms with Crippen LogP contribution in [0.2, 0.25) is 0 Å². The molecule has 0 aromatic carbocycles. The highest BCUT2D eigenvalue weighted by atomic mass is 79.9. The summed E-state index contributed by atoms with van der Waals surface area (Å²) in [6, 6.07) is -0.943. The Bertz CT molecular complexity index is 301. The summed E-state index contributed by atoms with van der Waals surface area (Å²) in [6.45, 7) is 0. The number of carbonyl (C=O) groups is 1. The fourth-order valence-corrected chi connectivity index (χ4v) is 0.933. The van der Waals surface area contributed by atoms with Gasteiger partial charge in [0.2, 0.25) is 0 Å². The van der Waals surface area contributed by atoms with Crippen molar-refractivity contribution in [3.63, 3.8) is 0 Å². The van der Waals surface area contributed by atoms with E-state index in [4.69, 9.17) is 10.8 Å². The molecule has 5 nitrogen and oxygen atoms in total. The lowest BCUT2D eigenvalue weighted by atomic mass is 10.2. The van der Waals surface area contributed by atoms with E-state index in [1.54, 1.807) is 12.4 Å². The summed E-state index contributed by atoms with van der Waals surface area (Å²) in [5, 5.41) is 8.51. The molecule has 6 heteroatoms. The van der Waals surface area contributed by atoms with Gasteiger partial charge in [-0.05, 0) is 15.9 Å². The first-order valence-electron chi connectivity index (χ1n) is 3.54. The monoisotopic (exact) mass is 245 g/mol. The van der Waals surface area contributed by atoms with E-state index in [-0.39, 0.29) is 6.42 Å². The summed E-state index contributed by atoms with van der Waals surface area (Å²) in [7, 11) is 0. The molecule has 0 saturated carbocycles. The number of rotatable bonds is 3. The maximum absolute atomic E-state index is 10.4. The Balaban J connectivity index is 2.64. The van der Waals surface area contributed by atoms with Crippen molar-refractivity contribution in [1.29, 1.82) is 0 Å². The van der Waals surface area contributed by atoms with Crippen LogP contribution in [0.15, 0.2) is 16.9 Å². The molecule has 0 aliphatic carbocycles. The van der Waals surface area contributed by atoms with Gasteiger partial charge >= 0.3 is 5.97 Å². The highest BCUT2D eigenvalue weighted by molar-refractivity contribution is 9.10. The second kappa shape index (κ2) is 4.29. The summed E-state index contributed by atoms with van der Waals surface area (Å²) < 4.78 is 0.750. The van der Waals surface area contributed by atoms with Crippen molar-refractivity contribution in [3.8, 4) is 0 Å². The smallest absolute Gasteiger partial charge is 0.320 e. The van der Waals surface area contributed by atoms with Crippen LogP contribution in [0.1, 0.15) is 5.82 Å². The van der Waals surface area contributed by atoms with Gasteiger partial charge in [0.15, 0.2) is 0 Å². The van der Waals surface area contributed by atoms with Crippen LogP contribution in [0.3, 0.4) is 0 Å². The molecule has 0 amide bonds. The lowest BCUT2D eigenvalue weighted by Gasteiger charge is -2.03. The Morgan fingerprint density at radius 3 is 2.62 bits per heavy atom. The molecule has 3 N–H and O–H groups in total. The number of nitrogens with zero attached hydrogens (tertiary/aromatic N) is 2. The van der Waals surface area contributed by atoms with E-state index in [2.05, 4.69) is 25.9 Å². The van der Waals surface area contributed by atoms with Crippen molar-refractivity contribution >= 4 is 21.9 Å². The Hall–Kier alpha value is -1.01. The van der Waals surface area contributed by atoms with E-state index in [0.29, 0.717) is 5.82 Å². The van der Waals surface area contributed by atoms with Gasteiger partial charge in [-0.15, -0.1) is 0 Å². The molecule has 13 heavy (non-hydrogen) atoms. The maximum atomic E-state index is 10.4. The van der Waals surface area contributed by atoms with Crippen LogP contribution in [0, 0.1) is 0 Å². The van der Waals surface area contributed by atoms with Crippen LogP contribution in [0.5, 0.6) is 0 Å². The molecule has 0 bridgehead atoms. The van der Waals surface area contributed by atoms with Gasteiger partial charge < -0.3 is 10.8 Å². The zero-order valence-corrected chi connectivity index (χ0v) is 8.23. The second-order valence-corrected chi connectivity index (χ2v) is 3.38. The number of hydrogen-bond donors (Lipinski definition) is 2. The first-order chi connectivity index (χ1) is 6.09. The third-order valence-electron chi connectivity index (χ3n) is 1.39. The van der Waals surface area contributed by atoms with Gasteiger partial charge in [-0.25, -0.2) is 9.97 Å². The largest absolute Gasteiger partial charge is 0.480 e. The lowest BCUT2D eigenvalue weighted by molar-refractivity contribution is -0.138. The predicted molar refractivity (Wildman–Crippen MR) is 49.0 cm³/mol. The van der Waals surface area contributed by atoms with Gasteiger partial charge in [0.25, 0.3) is 0 Å². The summed E-state index contributed by atoms with van der Waals surface area (Å²) in [4.78, 5) is 18.2. The number of hydrogen-bond acceptors (Lipinski definition) is 4. The Kier molecular flexibility index (Phi) is 3.32. The summed E-state index contributed by atoms with van der Waals surface area (Å²) in [5.74, 6) is -0.621. The number of aliphatic carboxylic acids is 1. The van der Waals surface area contributed by atoms with Gasteiger partial charge in [0.05, 0.1) is 4.47 Å². The minimum absolute atomic E-state index is 0.141. The highest BCUT2D eigenvalue weighted by Crippen LogP contribution is 2.05. The van der Waals surface area contributed by atoms with Crippen molar-refractivity contribution in [2.45, 2.75) is 12.5 Å². The van der Waals surface area contributed by atoms with Crippen LogP contribution in [-0.4, -0.2) is 27.1 Å². The number of carboxylic acids is 1. The fourth-order valence-electron chi connectivity index (χ4n) is 0.728. The van der Waals surface area contributed by atoms with E-state index in [9.17, 15) is 4.79 Å². The van der Waals surface area contributed by atoms with E-state index in [1.807, 2.05) is 0 Å². The molecule has 1 unspecified atom stereocenters. The molecule has 1 atom stereocenters. The van der Waals surface area contributed by atoms with Crippen molar-refractivity contribution in [1.82, 2.24) is 9.97 Å². The van der Waals surface area contributed by atoms with Crippen LogP contribution < -0.4 is 5.73 Å². The van der Waals surface area contributed by atoms with Gasteiger partial charge in [-0.3, -0.25) is 4.79 Å². The van der Waals surface area contributed by atoms with Crippen LogP contribution in [0.25, 0.3) is 0 Å². The minimum atomic E-state index is -1.05. The molecule has 0 aliphatic heterocycles. The molecule has 0 spiro atoms. The summed E-state index contributed by atoms with van der Waals surface area (Å²) >= 11 is 3.17. The third kappa shape index (κ3) is 3.08. The van der Waals surface area contributed by atoms with E-state index in [1.165, 1.54) is 0 Å². The van der Waals surface area contributed by atoms with Crippen LogP contribution in [0.4, 0.5) is 0 Å². The normalized spacial score (nSPS) is 12.5. The van der Waals surface area contributed by atoms with E-state index >= 15 is 0 Å². The molecular formula is C7H8BrN3O2. The maximum Gasteiger partial charge on any atom is 0.320 e. The number of nitrogens with two attached hydrogens (primary N) is 1. The van der Waals surface area contributed by atoms with Gasteiger partial charge in [0.1, 0.15) is 11.9 Å². The van der Waals surface area contributed by atoms with Crippen molar-refractivity contribution in [2.24, 2.45) is 5.73 Å². The van der Waals surface area contributed by atoms with Crippen molar-refractivity contribution < 1.29 is 9.90 Å². The van der Waals surface area contributed by atoms with Crippen molar-refractivity contribution in [3.05, 3.63) is 22.7 Å². The zero-order valence-electron chi connectivity index (χ0n) is 6.64. The zero-order chi connectivity index (χ0) is 9.84. The first-order valence-corrected chi connectivity index (χ1v) is 4.33. The molecule has 1 aromatic rings. The Labute approximate surface area is 83.1 Å². The summed E-state index contributed by atoms with van der Waals surface area (Å²) in [5.41, 5.74) is 5.30. The van der Waals surface area contributed by atoms with E-state index < -0.39 is 12.0 Å². The highest BCUT2D eigenvalue weighted by Gasteiger charge is 2.13. The number of halogens is 1. The molecule has 70 valence electrons. The standard InChI is InChI=1S/C7H8BrN3O2/c8-4-2-10-6(11-3-4)1-5(9)7(12)13/h2-3,5H,1,9H2,(H,12,13). The van der Waals surface area contributed by atoms with Crippen LogP contribution in [-0.2, 0) is 11.2 Å². The minimum Gasteiger partial charge on any atom is -0.480 e. The summed E-state index contributed by atoms with van der Waals surface area (Å²) in [6.07, 6.45) is 3.25. The molecule has 0 fully saturated rings. The lowest BCUT2D eigenvalue weighted by Crippen LogP contribution is -2.32. The molecule has 0 radical (unpaired) electrons. The average molecular weight is 246 g/mol. The van der Waals surface area contributed by atoms with Gasteiger partial charge in [0, 0.05) is 18.8 Å². The van der Waals surface area contributed by atoms with Gasteiger partial charge in [-0.2, -0.15) is 0 Å². The Morgan fingerprint density at radius 2 is 2.15 bits per heavy atom. The van der Waals surface area contributed by atoms with E-state index in [0.717, 1.165) is 4.47 Å². The second-order valence-electron chi connectivity index (χ2n) is 2.47. The molecular weight excluding hydrogens is 238 g/mol. The third-order valence-corrected chi connectivity index (χ3v) is 1.80. The van der Waals surface area contributed by atoms with Gasteiger partial charge in [-0.1, -0.05) is 0 Å². The molecule has 0 saturated heterocycles. The molecule has 1 rings (SSSR count). The molecule has 1 aromatic heterocycles. The Morgan fingerprint density at radius 1 is 1.62 bits per heavy atom. The quantitative estimate of drug-likeness (QED) is 0.794.